The van der Waals surface area contributed by atoms with Crippen LogP contribution in [0, 0.1) is 24.4 Å². The Morgan fingerprint density at radius 1 is 1.13 bits per heavy atom. The van der Waals surface area contributed by atoms with E-state index in [0.717, 1.165) is 25.4 Å². The molecule has 8 nitrogen and oxygen atoms in total. The van der Waals surface area contributed by atoms with Gasteiger partial charge in [-0.3, -0.25) is 4.98 Å². The molecule has 0 saturated carbocycles. The molecule has 30 heavy (non-hydrogen) atoms. The summed E-state index contributed by atoms with van der Waals surface area (Å²) in [6, 6.07) is 5.33. The molecular formula is C19H14F3N5O3. The Hall–Kier alpha value is -4.02. The molecule has 0 bridgehead atoms. The van der Waals surface area contributed by atoms with E-state index < -0.39 is 29.0 Å². The Kier molecular flexibility index (Phi) is 4.78. The van der Waals surface area contributed by atoms with Crippen LogP contribution in [0.2, 0.25) is 0 Å². The minimum atomic E-state index is -0.982. The van der Waals surface area contributed by atoms with Crippen molar-refractivity contribution in [1.29, 1.82) is 0 Å². The molecule has 0 radical (unpaired) electrons. The first-order chi connectivity index (χ1) is 14.4. The number of hydrogen-bond acceptors (Lipinski definition) is 7. The number of ether oxygens (including phenoxy) is 1. The number of hydrogen-bond donors (Lipinski definition) is 3. The molecular weight excluding hydrogens is 403 g/mol. The summed E-state index contributed by atoms with van der Waals surface area (Å²) < 4.78 is 51.8. The molecule has 4 rings (SSSR count). The highest BCUT2D eigenvalue weighted by atomic mass is 19.1. The molecule has 0 atom stereocenters. The quantitative estimate of drug-likeness (QED) is 0.448. The highest BCUT2D eigenvalue weighted by Crippen LogP contribution is 2.30. The second-order valence-electron chi connectivity index (χ2n) is 6.27. The van der Waals surface area contributed by atoms with Crippen molar-refractivity contribution in [2.45, 2.75) is 6.92 Å². The number of aromatic nitrogens is 3. The topological polar surface area (TPSA) is 105 Å². The van der Waals surface area contributed by atoms with Crippen molar-refractivity contribution in [2.24, 2.45) is 0 Å². The molecule has 0 spiro atoms. The molecule has 0 aliphatic carbocycles. The highest BCUT2D eigenvalue weighted by molar-refractivity contribution is 5.81. The fourth-order valence-electron chi connectivity index (χ4n) is 2.89. The van der Waals surface area contributed by atoms with Gasteiger partial charge in [-0.2, -0.15) is 4.98 Å². The lowest BCUT2D eigenvalue weighted by Crippen LogP contribution is -2.05. The Morgan fingerprint density at radius 2 is 1.93 bits per heavy atom. The molecule has 0 saturated heterocycles. The largest absolute Gasteiger partial charge is 0.491 e. The zero-order valence-electron chi connectivity index (χ0n) is 15.6. The minimum Gasteiger partial charge on any atom is -0.491 e. The summed E-state index contributed by atoms with van der Waals surface area (Å²) in [6.45, 7) is 1.72. The molecule has 0 unspecified atom stereocenters. The van der Waals surface area contributed by atoms with Gasteiger partial charge < -0.3 is 19.8 Å². The Labute approximate surface area is 166 Å². The lowest BCUT2D eigenvalue weighted by Gasteiger charge is -2.12. The summed E-state index contributed by atoms with van der Waals surface area (Å²) in [5.41, 5.74) is 1.73. The van der Waals surface area contributed by atoms with Crippen molar-refractivity contribution in [2.75, 3.05) is 17.7 Å². The number of benzene rings is 2. The predicted molar refractivity (Wildman–Crippen MR) is 103 cm³/mol. The van der Waals surface area contributed by atoms with E-state index in [1.807, 2.05) is 0 Å². The number of anilines is 4. The minimum absolute atomic E-state index is 0.138. The summed E-state index contributed by atoms with van der Waals surface area (Å²) in [6.07, 6.45) is 0.890. The lowest BCUT2D eigenvalue weighted by atomic mass is 10.2. The third-order valence-corrected chi connectivity index (χ3v) is 4.21. The Balaban J connectivity index is 1.65. The van der Waals surface area contributed by atoms with E-state index in [4.69, 9.17) is 4.42 Å². The van der Waals surface area contributed by atoms with Crippen molar-refractivity contribution in [1.82, 2.24) is 15.0 Å². The van der Waals surface area contributed by atoms with Gasteiger partial charge >= 0.3 is 5.76 Å². The molecule has 0 amide bonds. The standard InChI is InChI=1S/C19H14F3N5O3/c1-8-5-9(6-13-15(8)30-19(28)26-13)24-17-11(21)7-23-18(27-17)25-12-4-3-10(20)16(29-2)14(12)22/h3-7H,1-2H3,(H,26,28)(H2,23,24,25,27). The third kappa shape index (κ3) is 3.52. The number of nitrogens with zero attached hydrogens (tertiary/aromatic N) is 2. The zero-order valence-corrected chi connectivity index (χ0v) is 15.6. The van der Waals surface area contributed by atoms with Crippen molar-refractivity contribution in [3.63, 3.8) is 0 Å². The first kappa shape index (κ1) is 19.3. The van der Waals surface area contributed by atoms with E-state index in [1.165, 1.54) is 0 Å². The van der Waals surface area contributed by atoms with Crippen molar-refractivity contribution < 1.29 is 22.3 Å². The average Bonchev–Trinajstić information content (AvgIpc) is 3.08. The van der Waals surface area contributed by atoms with E-state index in [1.54, 1.807) is 19.1 Å². The van der Waals surface area contributed by atoms with Crippen LogP contribution in [0.15, 0.2) is 39.7 Å². The number of fused-ring (bicyclic) bond motifs is 1. The van der Waals surface area contributed by atoms with Crippen molar-refractivity contribution in [3.05, 3.63) is 64.0 Å². The van der Waals surface area contributed by atoms with Gasteiger partial charge in [0.25, 0.3) is 0 Å². The van der Waals surface area contributed by atoms with Crippen LogP contribution in [0.4, 0.5) is 36.3 Å². The van der Waals surface area contributed by atoms with Gasteiger partial charge in [0.15, 0.2) is 34.6 Å². The average molecular weight is 417 g/mol. The second kappa shape index (κ2) is 7.43. The highest BCUT2D eigenvalue weighted by Gasteiger charge is 2.16. The molecule has 2 heterocycles. The summed E-state index contributed by atoms with van der Waals surface area (Å²) in [4.78, 5) is 21.7. The van der Waals surface area contributed by atoms with Crippen LogP contribution in [0.25, 0.3) is 11.1 Å². The van der Waals surface area contributed by atoms with Gasteiger partial charge in [-0.15, -0.1) is 0 Å². The maximum Gasteiger partial charge on any atom is 0.417 e. The first-order valence-electron chi connectivity index (χ1n) is 8.57. The van der Waals surface area contributed by atoms with Crippen LogP contribution >= 0.6 is 0 Å². The second-order valence-corrected chi connectivity index (χ2v) is 6.27. The van der Waals surface area contributed by atoms with Gasteiger partial charge in [-0.25, -0.2) is 22.9 Å². The predicted octanol–water partition coefficient (Wildman–Crippen LogP) is 4.13. The number of aromatic amines is 1. The monoisotopic (exact) mass is 417 g/mol. The van der Waals surface area contributed by atoms with Crippen LogP contribution in [0.1, 0.15) is 5.56 Å². The summed E-state index contributed by atoms with van der Waals surface area (Å²) in [5.74, 6) is -4.14. The van der Waals surface area contributed by atoms with Gasteiger partial charge in [0, 0.05) is 5.69 Å². The fourth-order valence-corrected chi connectivity index (χ4v) is 2.89. The van der Waals surface area contributed by atoms with E-state index >= 15 is 0 Å². The van der Waals surface area contributed by atoms with E-state index in [9.17, 15) is 18.0 Å². The molecule has 4 aromatic rings. The molecule has 2 aromatic heterocycles. The van der Waals surface area contributed by atoms with Crippen molar-refractivity contribution >= 4 is 34.2 Å². The number of nitrogens with one attached hydrogen (secondary N) is 3. The molecule has 154 valence electrons. The van der Waals surface area contributed by atoms with E-state index in [0.29, 0.717) is 22.4 Å². The van der Waals surface area contributed by atoms with Gasteiger partial charge in [0.05, 0.1) is 24.5 Å². The van der Waals surface area contributed by atoms with Crippen LogP contribution in [0.5, 0.6) is 5.75 Å². The Morgan fingerprint density at radius 3 is 2.70 bits per heavy atom. The number of methoxy groups -OCH3 is 1. The number of rotatable bonds is 5. The SMILES string of the molecule is COc1c(F)ccc(Nc2ncc(F)c(Nc3cc(C)c4oc(=O)[nH]c4c3)n2)c1F. The maximum atomic E-state index is 14.3. The van der Waals surface area contributed by atoms with Gasteiger partial charge in [0.1, 0.15) is 0 Å². The first-order valence-corrected chi connectivity index (χ1v) is 8.57. The lowest BCUT2D eigenvalue weighted by molar-refractivity contribution is 0.361. The molecule has 2 aromatic carbocycles. The number of oxazole rings is 1. The summed E-state index contributed by atoms with van der Waals surface area (Å²) in [5, 5.41) is 5.34. The molecule has 11 heteroatoms. The van der Waals surface area contributed by atoms with Crippen LogP contribution in [-0.2, 0) is 0 Å². The number of H-pyrrole nitrogens is 1. The summed E-state index contributed by atoms with van der Waals surface area (Å²) in [7, 11) is 1.13. The van der Waals surface area contributed by atoms with Gasteiger partial charge in [-0.05, 0) is 36.8 Å². The number of halogens is 3. The van der Waals surface area contributed by atoms with E-state index in [-0.39, 0.29) is 17.5 Å². The normalized spacial score (nSPS) is 11.0. The van der Waals surface area contributed by atoms with Crippen LogP contribution in [-0.4, -0.2) is 22.1 Å². The third-order valence-electron chi connectivity index (χ3n) is 4.21. The molecule has 0 aliphatic heterocycles. The van der Waals surface area contributed by atoms with Gasteiger partial charge in [0.2, 0.25) is 5.95 Å². The maximum absolute atomic E-state index is 14.3. The molecule has 0 aliphatic rings. The van der Waals surface area contributed by atoms with Crippen molar-refractivity contribution in [3.8, 4) is 5.75 Å². The fraction of sp³-hybridized carbons (Fsp3) is 0.105. The summed E-state index contributed by atoms with van der Waals surface area (Å²) >= 11 is 0. The van der Waals surface area contributed by atoms with Gasteiger partial charge in [-0.1, -0.05) is 0 Å². The van der Waals surface area contributed by atoms with Crippen LogP contribution < -0.4 is 21.1 Å². The van der Waals surface area contributed by atoms with E-state index in [2.05, 4.69) is 30.3 Å². The van der Waals surface area contributed by atoms with Crippen LogP contribution in [0.3, 0.4) is 0 Å². The smallest absolute Gasteiger partial charge is 0.417 e. The molecule has 3 N–H and O–H groups in total. The molecule has 0 fully saturated rings. The Bertz CT molecular complexity index is 1320. The number of aryl methyl sites for hydroxylation is 1. The zero-order chi connectivity index (χ0) is 21.4.